The van der Waals surface area contributed by atoms with Crippen LogP contribution < -0.4 is 0 Å². The number of hydrogen-bond donors (Lipinski definition) is 1. The van der Waals surface area contributed by atoms with Gasteiger partial charge in [-0.25, -0.2) is 0 Å². The molecule has 1 saturated heterocycles. The minimum atomic E-state index is -0.206. The second-order valence-corrected chi connectivity index (χ2v) is 10.2. The highest BCUT2D eigenvalue weighted by Gasteiger charge is 2.39. The number of piperidine rings is 1. The van der Waals surface area contributed by atoms with Crippen LogP contribution in [0.4, 0.5) is 0 Å². The molecule has 5 rings (SSSR count). The molecule has 0 unspecified atom stereocenters. The van der Waals surface area contributed by atoms with Gasteiger partial charge in [-0.15, -0.1) is 0 Å². The standard InChI is InChI=1S/C34H37NO/c36-28-24-33(29-13-5-1-6-14-29)21-25-35(26-22-33)27-23-34(30-15-7-2-8-16-30,31-17-9-3-10-18-31)32-19-11-4-12-20-32/h1-20,36H,21-28H2. The molecular formula is C34H37NO. The maximum Gasteiger partial charge on any atom is 0.0463 e. The largest absolute Gasteiger partial charge is 0.396 e. The van der Waals surface area contributed by atoms with Crippen molar-refractivity contribution in [2.45, 2.75) is 36.5 Å². The normalized spacial score (nSPS) is 16.0. The van der Waals surface area contributed by atoms with Gasteiger partial charge in [0.05, 0.1) is 0 Å². The summed E-state index contributed by atoms with van der Waals surface area (Å²) in [6.45, 7) is 3.39. The Morgan fingerprint density at radius 1 is 0.611 bits per heavy atom. The molecule has 0 atom stereocenters. The van der Waals surface area contributed by atoms with Crippen LogP contribution in [0.15, 0.2) is 121 Å². The molecule has 0 spiro atoms. The van der Waals surface area contributed by atoms with Crippen molar-refractivity contribution in [3.05, 3.63) is 144 Å². The van der Waals surface area contributed by atoms with E-state index in [0.717, 1.165) is 45.3 Å². The fraction of sp³-hybridized carbons (Fsp3) is 0.294. The predicted octanol–water partition coefficient (Wildman–Crippen LogP) is 6.83. The summed E-state index contributed by atoms with van der Waals surface area (Å²) in [6.07, 6.45) is 4.04. The molecule has 4 aromatic rings. The van der Waals surface area contributed by atoms with Crippen LogP contribution in [0, 0.1) is 0 Å². The predicted molar refractivity (Wildman–Crippen MR) is 149 cm³/mol. The highest BCUT2D eigenvalue weighted by Crippen LogP contribution is 2.43. The average molecular weight is 476 g/mol. The van der Waals surface area contributed by atoms with E-state index in [9.17, 15) is 5.11 Å². The molecule has 1 heterocycles. The van der Waals surface area contributed by atoms with Crippen molar-refractivity contribution in [3.8, 4) is 0 Å². The maximum atomic E-state index is 9.89. The van der Waals surface area contributed by atoms with Crippen molar-refractivity contribution in [3.63, 3.8) is 0 Å². The summed E-state index contributed by atoms with van der Waals surface area (Å²) >= 11 is 0. The van der Waals surface area contributed by atoms with Gasteiger partial charge in [0.25, 0.3) is 0 Å². The number of aliphatic hydroxyl groups is 1. The molecule has 2 heteroatoms. The fourth-order valence-corrected chi connectivity index (χ4v) is 6.32. The third kappa shape index (κ3) is 4.89. The summed E-state index contributed by atoms with van der Waals surface area (Å²) in [5.41, 5.74) is 5.30. The van der Waals surface area contributed by atoms with E-state index in [4.69, 9.17) is 0 Å². The molecule has 2 nitrogen and oxygen atoms in total. The van der Waals surface area contributed by atoms with Gasteiger partial charge in [0, 0.05) is 12.0 Å². The Morgan fingerprint density at radius 2 is 1.03 bits per heavy atom. The summed E-state index contributed by atoms with van der Waals surface area (Å²) in [5, 5.41) is 9.89. The minimum absolute atomic E-state index is 0.0852. The Bertz CT molecular complexity index is 1090. The van der Waals surface area contributed by atoms with E-state index < -0.39 is 0 Å². The van der Waals surface area contributed by atoms with E-state index in [-0.39, 0.29) is 17.4 Å². The van der Waals surface area contributed by atoms with Crippen LogP contribution in [-0.2, 0) is 10.8 Å². The van der Waals surface area contributed by atoms with Gasteiger partial charge in [0.1, 0.15) is 0 Å². The van der Waals surface area contributed by atoms with E-state index in [2.05, 4.69) is 126 Å². The van der Waals surface area contributed by atoms with Crippen molar-refractivity contribution < 1.29 is 5.11 Å². The molecule has 1 N–H and O–H groups in total. The van der Waals surface area contributed by atoms with Crippen LogP contribution >= 0.6 is 0 Å². The molecule has 0 saturated carbocycles. The van der Waals surface area contributed by atoms with Crippen molar-refractivity contribution in [2.24, 2.45) is 0 Å². The van der Waals surface area contributed by atoms with E-state index in [0.29, 0.717) is 0 Å². The Hall–Kier alpha value is -3.20. The summed E-state index contributed by atoms with van der Waals surface area (Å²) in [6, 6.07) is 43.9. The first kappa shape index (κ1) is 24.5. The first-order valence-electron chi connectivity index (χ1n) is 13.3. The lowest BCUT2D eigenvalue weighted by Gasteiger charge is -2.44. The van der Waals surface area contributed by atoms with E-state index in [1.54, 1.807) is 0 Å². The summed E-state index contributed by atoms with van der Waals surface area (Å²) in [5.74, 6) is 0. The van der Waals surface area contributed by atoms with Crippen LogP contribution in [-0.4, -0.2) is 36.2 Å². The van der Waals surface area contributed by atoms with Gasteiger partial charge in [-0.2, -0.15) is 0 Å². The van der Waals surface area contributed by atoms with Crippen LogP contribution in [0.25, 0.3) is 0 Å². The SMILES string of the molecule is OCCC1(c2ccccc2)CCN(CCC(c2ccccc2)(c2ccccc2)c2ccccc2)CC1. The van der Waals surface area contributed by atoms with Crippen LogP contribution in [0.3, 0.4) is 0 Å². The molecule has 0 aliphatic carbocycles. The minimum Gasteiger partial charge on any atom is -0.396 e. The molecule has 36 heavy (non-hydrogen) atoms. The lowest BCUT2D eigenvalue weighted by atomic mass is 9.67. The molecule has 0 bridgehead atoms. The quantitative estimate of drug-likeness (QED) is 0.268. The molecule has 1 aliphatic heterocycles. The van der Waals surface area contributed by atoms with Crippen LogP contribution in [0.1, 0.15) is 47.9 Å². The van der Waals surface area contributed by atoms with E-state index >= 15 is 0 Å². The topological polar surface area (TPSA) is 23.5 Å². The van der Waals surface area contributed by atoms with Crippen LogP contribution in [0.2, 0.25) is 0 Å². The highest BCUT2D eigenvalue weighted by atomic mass is 16.3. The van der Waals surface area contributed by atoms with E-state index in [1.807, 2.05) is 0 Å². The number of aliphatic hydroxyl groups excluding tert-OH is 1. The van der Waals surface area contributed by atoms with E-state index in [1.165, 1.54) is 22.3 Å². The van der Waals surface area contributed by atoms with Gasteiger partial charge in [0.15, 0.2) is 0 Å². The van der Waals surface area contributed by atoms with Crippen LogP contribution in [0.5, 0.6) is 0 Å². The first-order chi connectivity index (χ1) is 17.8. The van der Waals surface area contributed by atoms with Gasteiger partial charge in [-0.3, -0.25) is 0 Å². The zero-order chi connectivity index (χ0) is 24.7. The zero-order valence-corrected chi connectivity index (χ0v) is 21.1. The average Bonchev–Trinajstić information content (AvgIpc) is 2.97. The number of likely N-dealkylation sites (tertiary alicyclic amines) is 1. The summed E-state index contributed by atoms with van der Waals surface area (Å²) in [7, 11) is 0. The first-order valence-corrected chi connectivity index (χ1v) is 13.3. The van der Waals surface area contributed by atoms with Gasteiger partial charge in [0.2, 0.25) is 0 Å². The Balaban J connectivity index is 1.43. The van der Waals surface area contributed by atoms with Gasteiger partial charge in [-0.1, -0.05) is 121 Å². The van der Waals surface area contributed by atoms with Crippen molar-refractivity contribution in [2.75, 3.05) is 26.2 Å². The van der Waals surface area contributed by atoms with Gasteiger partial charge < -0.3 is 10.0 Å². The molecule has 0 aromatic heterocycles. The molecule has 184 valence electrons. The van der Waals surface area contributed by atoms with Crippen molar-refractivity contribution in [1.82, 2.24) is 4.90 Å². The van der Waals surface area contributed by atoms with Gasteiger partial charge >= 0.3 is 0 Å². The second-order valence-electron chi connectivity index (χ2n) is 10.2. The smallest absolute Gasteiger partial charge is 0.0463 e. The number of benzene rings is 4. The summed E-state index contributed by atoms with van der Waals surface area (Å²) < 4.78 is 0. The monoisotopic (exact) mass is 475 g/mol. The molecule has 0 radical (unpaired) electrons. The summed E-state index contributed by atoms with van der Waals surface area (Å²) in [4.78, 5) is 2.64. The fourth-order valence-electron chi connectivity index (χ4n) is 6.32. The lowest BCUT2D eigenvalue weighted by molar-refractivity contribution is 0.127. The molecule has 1 fully saturated rings. The van der Waals surface area contributed by atoms with Crippen molar-refractivity contribution >= 4 is 0 Å². The Kier molecular flexibility index (Phi) is 7.65. The number of rotatable bonds is 9. The zero-order valence-electron chi connectivity index (χ0n) is 21.1. The Morgan fingerprint density at radius 3 is 1.44 bits per heavy atom. The Labute approximate surface area is 216 Å². The van der Waals surface area contributed by atoms with Gasteiger partial charge in [-0.05, 0) is 73.0 Å². The third-order valence-electron chi connectivity index (χ3n) is 8.39. The molecule has 0 amide bonds. The van der Waals surface area contributed by atoms with Crippen molar-refractivity contribution in [1.29, 1.82) is 0 Å². The molecule has 4 aromatic carbocycles. The number of hydrogen-bond acceptors (Lipinski definition) is 2. The molecule has 1 aliphatic rings. The number of nitrogens with zero attached hydrogens (tertiary/aromatic N) is 1. The third-order valence-corrected chi connectivity index (χ3v) is 8.39. The highest BCUT2D eigenvalue weighted by molar-refractivity contribution is 5.50. The molecular weight excluding hydrogens is 438 g/mol. The maximum absolute atomic E-state index is 9.89. The lowest BCUT2D eigenvalue weighted by Crippen LogP contribution is -2.45. The second kappa shape index (κ2) is 11.2.